The highest BCUT2D eigenvalue weighted by atomic mass is 16.1. The molecule has 7 unspecified atom stereocenters. The van der Waals surface area contributed by atoms with E-state index in [1.165, 1.54) is 44.9 Å². The Bertz CT molecular complexity index is 538. The Kier molecular flexibility index (Phi) is 3.56. The van der Waals surface area contributed by atoms with Gasteiger partial charge in [-0.2, -0.15) is 0 Å². The van der Waals surface area contributed by atoms with E-state index in [-0.39, 0.29) is 16.7 Å². The highest BCUT2D eigenvalue weighted by Gasteiger charge is 2.63. The third-order valence-corrected chi connectivity index (χ3v) is 8.76. The van der Waals surface area contributed by atoms with E-state index in [9.17, 15) is 9.59 Å². The molecule has 128 valence electrons. The number of carbonyl (C=O) groups is 2. The molecule has 4 aliphatic rings. The number of hydrogen-bond donors (Lipinski definition) is 0. The highest BCUT2D eigenvalue weighted by molar-refractivity contribution is 5.87. The Labute approximate surface area is 140 Å². The largest absolute Gasteiger partial charge is 0.300 e. The van der Waals surface area contributed by atoms with Gasteiger partial charge < -0.3 is 0 Å². The van der Waals surface area contributed by atoms with Crippen LogP contribution < -0.4 is 0 Å². The van der Waals surface area contributed by atoms with Gasteiger partial charge in [0.25, 0.3) is 0 Å². The van der Waals surface area contributed by atoms with Gasteiger partial charge in [0.2, 0.25) is 0 Å². The summed E-state index contributed by atoms with van der Waals surface area (Å²) < 4.78 is 0. The van der Waals surface area contributed by atoms with E-state index in [1.54, 1.807) is 6.92 Å². The lowest BCUT2D eigenvalue weighted by atomic mass is 9.44. The summed E-state index contributed by atoms with van der Waals surface area (Å²) in [5.74, 6) is 3.20. The number of hydrogen-bond acceptors (Lipinski definition) is 2. The fourth-order valence-corrected chi connectivity index (χ4v) is 7.78. The zero-order valence-corrected chi connectivity index (χ0v) is 15.1. The van der Waals surface area contributed by atoms with Crippen LogP contribution >= 0.6 is 0 Å². The molecule has 0 N–H and O–H groups in total. The molecule has 4 aliphatic carbocycles. The number of ketones is 2. The molecule has 2 heteroatoms. The summed E-state index contributed by atoms with van der Waals surface area (Å²) in [6.45, 7) is 6.44. The minimum absolute atomic E-state index is 0.0397. The molecule has 4 fully saturated rings. The second kappa shape index (κ2) is 5.17. The van der Waals surface area contributed by atoms with Crippen LogP contribution in [0.1, 0.15) is 78.6 Å². The maximum absolute atomic E-state index is 13.3. The van der Waals surface area contributed by atoms with Crippen molar-refractivity contribution < 1.29 is 9.59 Å². The van der Waals surface area contributed by atoms with Gasteiger partial charge in [-0.05, 0) is 74.0 Å². The van der Waals surface area contributed by atoms with Crippen molar-refractivity contribution in [3.05, 3.63) is 0 Å². The molecular formula is C21H32O2. The zero-order valence-electron chi connectivity index (χ0n) is 15.1. The molecule has 0 aromatic rings. The molecule has 0 bridgehead atoms. The quantitative estimate of drug-likeness (QED) is 0.696. The number of Topliss-reactive ketones (excluding diaryl/α,β-unsaturated/α-hetero) is 2. The molecule has 0 heterocycles. The van der Waals surface area contributed by atoms with E-state index < -0.39 is 0 Å². The Balaban J connectivity index is 1.70. The van der Waals surface area contributed by atoms with E-state index >= 15 is 0 Å². The first-order valence-electron chi connectivity index (χ1n) is 9.91. The molecule has 4 rings (SSSR count). The van der Waals surface area contributed by atoms with Gasteiger partial charge in [-0.15, -0.1) is 0 Å². The summed E-state index contributed by atoms with van der Waals surface area (Å²) in [6.07, 6.45) is 10.7. The zero-order chi connectivity index (χ0) is 16.4. The van der Waals surface area contributed by atoms with Crippen molar-refractivity contribution >= 4 is 11.6 Å². The van der Waals surface area contributed by atoms with Gasteiger partial charge in [0.1, 0.15) is 11.6 Å². The van der Waals surface area contributed by atoms with Crippen molar-refractivity contribution in [1.29, 1.82) is 0 Å². The second-order valence-electron chi connectivity index (χ2n) is 9.66. The Morgan fingerprint density at radius 1 is 1.00 bits per heavy atom. The topological polar surface area (TPSA) is 34.1 Å². The van der Waals surface area contributed by atoms with Crippen molar-refractivity contribution in [3.8, 4) is 0 Å². The predicted octanol–water partition coefficient (Wildman–Crippen LogP) is 4.80. The van der Waals surface area contributed by atoms with E-state index in [0.29, 0.717) is 35.7 Å². The first-order valence-corrected chi connectivity index (χ1v) is 9.91. The number of fused-ring (bicyclic) bond motifs is 5. The normalized spacial score (nSPS) is 52.5. The highest BCUT2D eigenvalue weighted by Crippen LogP contribution is 2.66. The molecule has 0 radical (unpaired) electrons. The average molecular weight is 316 g/mol. The molecule has 2 nitrogen and oxygen atoms in total. The van der Waals surface area contributed by atoms with Crippen LogP contribution in [0.2, 0.25) is 0 Å². The van der Waals surface area contributed by atoms with E-state index in [0.717, 1.165) is 12.3 Å². The van der Waals surface area contributed by atoms with Gasteiger partial charge >= 0.3 is 0 Å². The van der Waals surface area contributed by atoms with E-state index in [4.69, 9.17) is 0 Å². The van der Waals surface area contributed by atoms with Crippen molar-refractivity contribution in [1.82, 2.24) is 0 Å². The average Bonchev–Trinajstić information content (AvgIpc) is 2.82. The van der Waals surface area contributed by atoms with Crippen LogP contribution in [0.5, 0.6) is 0 Å². The van der Waals surface area contributed by atoms with Crippen molar-refractivity contribution in [2.75, 3.05) is 0 Å². The summed E-state index contributed by atoms with van der Waals surface area (Å²) in [7, 11) is 0. The van der Waals surface area contributed by atoms with Crippen LogP contribution in [-0.4, -0.2) is 11.6 Å². The van der Waals surface area contributed by atoms with Gasteiger partial charge in [0, 0.05) is 18.3 Å². The third kappa shape index (κ3) is 2.05. The molecule has 0 aromatic carbocycles. The van der Waals surface area contributed by atoms with Crippen LogP contribution in [0.3, 0.4) is 0 Å². The van der Waals surface area contributed by atoms with Crippen LogP contribution in [0.4, 0.5) is 0 Å². The Hall–Kier alpha value is -0.660. The number of rotatable bonds is 1. The molecule has 23 heavy (non-hydrogen) atoms. The standard InChI is InChI=1S/C21H32O2/c1-13(22)16-9-10-17-15-8-7-14-6-4-5-11-20(14,2)19(15)18(23)12-21(16,17)3/h14-17,19H,4-12H2,1-3H3. The first kappa shape index (κ1) is 15.8. The minimum Gasteiger partial charge on any atom is -0.300 e. The fourth-order valence-electron chi connectivity index (χ4n) is 7.78. The maximum atomic E-state index is 13.3. The first-order chi connectivity index (χ1) is 10.9. The van der Waals surface area contributed by atoms with Crippen LogP contribution in [0.25, 0.3) is 0 Å². The molecule has 0 aliphatic heterocycles. The fraction of sp³-hybridized carbons (Fsp3) is 0.905. The van der Waals surface area contributed by atoms with Gasteiger partial charge in [-0.25, -0.2) is 0 Å². The molecular weight excluding hydrogens is 284 g/mol. The predicted molar refractivity (Wildman–Crippen MR) is 90.9 cm³/mol. The molecule has 0 amide bonds. The second-order valence-corrected chi connectivity index (χ2v) is 9.66. The van der Waals surface area contributed by atoms with Gasteiger partial charge in [0.15, 0.2) is 0 Å². The molecule has 4 saturated carbocycles. The molecule has 0 saturated heterocycles. The summed E-state index contributed by atoms with van der Waals surface area (Å²) in [4.78, 5) is 25.4. The summed E-state index contributed by atoms with van der Waals surface area (Å²) in [5, 5.41) is 0. The number of carbonyl (C=O) groups excluding carboxylic acids is 2. The summed E-state index contributed by atoms with van der Waals surface area (Å²) in [6, 6.07) is 0. The monoisotopic (exact) mass is 316 g/mol. The van der Waals surface area contributed by atoms with E-state index in [2.05, 4.69) is 13.8 Å². The van der Waals surface area contributed by atoms with Gasteiger partial charge in [0.05, 0.1) is 0 Å². The lowest BCUT2D eigenvalue weighted by molar-refractivity contribution is -0.158. The smallest absolute Gasteiger partial charge is 0.137 e. The van der Waals surface area contributed by atoms with Gasteiger partial charge in [-0.3, -0.25) is 9.59 Å². The molecule has 7 atom stereocenters. The minimum atomic E-state index is -0.0397. The lowest BCUT2D eigenvalue weighted by Crippen LogP contribution is -2.57. The maximum Gasteiger partial charge on any atom is 0.137 e. The third-order valence-electron chi connectivity index (χ3n) is 8.76. The van der Waals surface area contributed by atoms with Crippen LogP contribution in [0, 0.1) is 40.4 Å². The van der Waals surface area contributed by atoms with Crippen molar-refractivity contribution in [2.45, 2.75) is 78.6 Å². The molecule has 0 spiro atoms. The van der Waals surface area contributed by atoms with Crippen molar-refractivity contribution in [2.24, 2.45) is 40.4 Å². The van der Waals surface area contributed by atoms with Crippen molar-refractivity contribution in [3.63, 3.8) is 0 Å². The van der Waals surface area contributed by atoms with E-state index in [1.807, 2.05) is 0 Å². The lowest BCUT2D eigenvalue weighted by Gasteiger charge is -2.59. The molecule has 0 aromatic heterocycles. The Morgan fingerprint density at radius 2 is 1.78 bits per heavy atom. The SMILES string of the molecule is CC(=O)C1CCC2C3CCC4CCCCC4(C)C3C(=O)CC12C. The van der Waals surface area contributed by atoms with Crippen LogP contribution in [-0.2, 0) is 9.59 Å². The summed E-state index contributed by atoms with van der Waals surface area (Å²) >= 11 is 0. The summed E-state index contributed by atoms with van der Waals surface area (Å²) in [5.41, 5.74) is 0.218. The van der Waals surface area contributed by atoms with Crippen LogP contribution in [0.15, 0.2) is 0 Å². The van der Waals surface area contributed by atoms with Gasteiger partial charge in [-0.1, -0.05) is 26.7 Å². The Morgan fingerprint density at radius 3 is 2.52 bits per heavy atom.